The highest BCUT2D eigenvalue weighted by molar-refractivity contribution is 6.45. The van der Waals surface area contributed by atoms with Crippen LogP contribution in [0.2, 0.25) is 0 Å². The SMILES string of the molecule is CC(=O)C(C)NC(=O)/C(C#N)=N\O. The monoisotopic (exact) mass is 183 g/mol. The molecule has 0 aromatic heterocycles. The summed E-state index contributed by atoms with van der Waals surface area (Å²) in [7, 11) is 0. The number of ketones is 1. The number of nitrogens with one attached hydrogen (secondary N) is 1. The fourth-order valence-corrected chi connectivity index (χ4v) is 0.485. The summed E-state index contributed by atoms with van der Waals surface area (Å²) in [5.74, 6) is -1.11. The van der Waals surface area contributed by atoms with Gasteiger partial charge < -0.3 is 10.5 Å². The van der Waals surface area contributed by atoms with Crippen molar-refractivity contribution >= 4 is 17.4 Å². The van der Waals surface area contributed by atoms with Crippen LogP contribution in [0.5, 0.6) is 0 Å². The normalized spacial score (nSPS) is 12.8. The summed E-state index contributed by atoms with van der Waals surface area (Å²) in [6, 6.07) is 0.676. The van der Waals surface area contributed by atoms with Gasteiger partial charge in [0.2, 0.25) is 5.71 Å². The number of hydrogen-bond acceptors (Lipinski definition) is 5. The van der Waals surface area contributed by atoms with Crippen LogP contribution in [0.15, 0.2) is 5.16 Å². The Kier molecular flexibility index (Phi) is 4.16. The summed E-state index contributed by atoms with van der Waals surface area (Å²) in [5.41, 5.74) is -0.673. The van der Waals surface area contributed by atoms with Crippen molar-refractivity contribution in [2.75, 3.05) is 0 Å². The molecule has 1 amide bonds. The zero-order chi connectivity index (χ0) is 10.4. The average Bonchev–Trinajstić information content (AvgIpc) is 2.06. The Bertz CT molecular complexity index is 290. The van der Waals surface area contributed by atoms with E-state index in [4.69, 9.17) is 10.5 Å². The molecule has 70 valence electrons. The average molecular weight is 183 g/mol. The van der Waals surface area contributed by atoms with Gasteiger partial charge in [0.1, 0.15) is 6.07 Å². The third-order valence-electron chi connectivity index (χ3n) is 1.38. The molecule has 1 unspecified atom stereocenters. The van der Waals surface area contributed by atoms with Crippen molar-refractivity contribution in [2.24, 2.45) is 5.16 Å². The van der Waals surface area contributed by atoms with Gasteiger partial charge in [-0.1, -0.05) is 5.16 Å². The molecule has 1 atom stereocenters. The molecule has 13 heavy (non-hydrogen) atoms. The molecular formula is C7H9N3O3. The maximum atomic E-state index is 10.9. The topological polar surface area (TPSA) is 103 Å². The van der Waals surface area contributed by atoms with E-state index < -0.39 is 17.7 Å². The minimum Gasteiger partial charge on any atom is -0.410 e. The van der Waals surface area contributed by atoms with Gasteiger partial charge in [-0.05, 0) is 13.8 Å². The fraction of sp³-hybridized carbons (Fsp3) is 0.429. The summed E-state index contributed by atoms with van der Waals surface area (Å²) >= 11 is 0. The lowest BCUT2D eigenvalue weighted by molar-refractivity contribution is -0.123. The van der Waals surface area contributed by atoms with Crippen molar-refractivity contribution in [1.82, 2.24) is 5.32 Å². The Hall–Kier alpha value is -1.90. The van der Waals surface area contributed by atoms with E-state index >= 15 is 0 Å². The number of oxime groups is 1. The number of nitriles is 1. The molecule has 0 spiro atoms. The summed E-state index contributed by atoms with van der Waals surface area (Å²) in [6.45, 7) is 2.76. The lowest BCUT2D eigenvalue weighted by Crippen LogP contribution is -2.40. The van der Waals surface area contributed by atoms with Gasteiger partial charge in [-0.2, -0.15) is 5.26 Å². The number of nitrogens with zero attached hydrogens (tertiary/aromatic N) is 2. The molecule has 0 bridgehead atoms. The van der Waals surface area contributed by atoms with Gasteiger partial charge in [0.25, 0.3) is 5.91 Å². The second-order valence-corrected chi connectivity index (χ2v) is 2.37. The zero-order valence-electron chi connectivity index (χ0n) is 7.24. The molecule has 0 aliphatic rings. The van der Waals surface area contributed by atoms with Crippen LogP contribution < -0.4 is 5.32 Å². The Morgan fingerprint density at radius 2 is 2.15 bits per heavy atom. The van der Waals surface area contributed by atoms with Crippen LogP contribution in [0, 0.1) is 11.3 Å². The number of rotatable bonds is 3. The maximum absolute atomic E-state index is 10.9. The Balaban J connectivity index is 4.33. The zero-order valence-corrected chi connectivity index (χ0v) is 7.24. The minimum absolute atomic E-state index is 0.247. The molecule has 0 aromatic rings. The summed E-state index contributed by atoms with van der Waals surface area (Å²) in [6.07, 6.45) is 0. The van der Waals surface area contributed by atoms with Gasteiger partial charge in [-0.15, -0.1) is 0 Å². The molecule has 0 rings (SSSR count). The first-order valence-electron chi connectivity index (χ1n) is 3.46. The first-order valence-corrected chi connectivity index (χ1v) is 3.46. The van der Waals surface area contributed by atoms with Gasteiger partial charge in [0.05, 0.1) is 6.04 Å². The van der Waals surface area contributed by atoms with Crippen LogP contribution in [0.25, 0.3) is 0 Å². The molecule has 0 heterocycles. The minimum atomic E-state index is -0.868. The highest BCUT2D eigenvalue weighted by atomic mass is 16.4. The molecule has 0 saturated carbocycles. The van der Waals surface area contributed by atoms with Crippen LogP contribution in [0.4, 0.5) is 0 Å². The lowest BCUT2D eigenvalue weighted by atomic mass is 10.2. The summed E-state index contributed by atoms with van der Waals surface area (Å²) in [4.78, 5) is 21.6. The molecule has 2 N–H and O–H groups in total. The molecule has 6 heteroatoms. The van der Waals surface area contributed by atoms with Gasteiger partial charge in [0, 0.05) is 0 Å². The third kappa shape index (κ3) is 3.33. The number of carbonyl (C=O) groups excluding carboxylic acids is 2. The fourth-order valence-electron chi connectivity index (χ4n) is 0.485. The number of amides is 1. The Labute approximate surface area is 74.8 Å². The number of Topliss-reactive ketones (excluding diaryl/α,β-unsaturated/α-hetero) is 1. The molecule has 6 nitrogen and oxygen atoms in total. The van der Waals surface area contributed by atoms with E-state index in [0.29, 0.717) is 0 Å². The molecule has 0 aliphatic heterocycles. The highest BCUT2D eigenvalue weighted by Crippen LogP contribution is 1.85. The van der Waals surface area contributed by atoms with Crippen molar-refractivity contribution < 1.29 is 14.8 Å². The lowest BCUT2D eigenvalue weighted by Gasteiger charge is -2.07. The van der Waals surface area contributed by atoms with Gasteiger partial charge in [-0.3, -0.25) is 9.59 Å². The number of carbonyl (C=O) groups is 2. The molecule has 0 saturated heterocycles. The Morgan fingerprint density at radius 3 is 2.46 bits per heavy atom. The van der Waals surface area contributed by atoms with Crippen LogP contribution in [0.1, 0.15) is 13.8 Å². The van der Waals surface area contributed by atoms with E-state index in [1.165, 1.54) is 19.9 Å². The van der Waals surface area contributed by atoms with Crippen molar-refractivity contribution in [3.63, 3.8) is 0 Å². The van der Waals surface area contributed by atoms with Crippen molar-refractivity contribution in [3.8, 4) is 6.07 Å². The van der Waals surface area contributed by atoms with E-state index in [-0.39, 0.29) is 5.78 Å². The van der Waals surface area contributed by atoms with Gasteiger partial charge in [-0.25, -0.2) is 0 Å². The first-order chi connectivity index (χ1) is 6.02. The quantitative estimate of drug-likeness (QED) is 0.347. The van der Waals surface area contributed by atoms with E-state index in [9.17, 15) is 9.59 Å². The maximum Gasteiger partial charge on any atom is 0.284 e. The van der Waals surface area contributed by atoms with Crippen LogP contribution in [0.3, 0.4) is 0 Å². The summed E-state index contributed by atoms with van der Waals surface area (Å²) < 4.78 is 0. The summed E-state index contributed by atoms with van der Waals surface area (Å²) in [5, 5.41) is 21.1. The largest absolute Gasteiger partial charge is 0.410 e. The molecule has 0 radical (unpaired) electrons. The number of hydrogen-bond donors (Lipinski definition) is 2. The van der Waals surface area contributed by atoms with Gasteiger partial charge >= 0.3 is 0 Å². The standard InChI is InChI=1S/C7H9N3O3/c1-4(5(2)11)9-7(12)6(3-8)10-13/h4,13H,1-2H3,(H,9,12)/b10-6-. The smallest absolute Gasteiger partial charge is 0.284 e. The Morgan fingerprint density at radius 1 is 1.62 bits per heavy atom. The first kappa shape index (κ1) is 11.1. The predicted molar refractivity (Wildman–Crippen MR) is 43.1 cm³/mol. The molecule has 0 fully saturated rings. The second kappa shape index (κ2) is 4.87. The highest BCUT2D eigenvalue weighted by Gasteiger charge is 2.16. The van der Waals surface area contributed by atoms with E-state index in [1.807, 2.05) is 0 Å². The van der Waals surface area contributed by atoms with Crippen LogP contribution >= 0.6 is 0 Å². The van der Waals surface area contributed by atoms with Crippen molar-refractivity contribution in [2.45, 2.75) is 19.9 Å². The molecule has 0 aromatic carbocycles. The van der Waals surface area contributed by atoms with Crippen LogP contribution in [-0.4, -0.2) is 28.7 Å². The van der Waals surface area contributed by atoms with Crippen molar-refractivity contribution in [3.05, 3.63) is 0 Å². The van der Waals surface area contributed by atoms with E-state index in [1.54, 1.807) is 0 Å². The van der Waals surface area contributed by atoms with Crippen LogP contribution in [-0.2, 0) is 9.59 Å². The predicted octanol–water partition coefficient (Wildman–Crippen LogP) is -0.566. The molecule has 0 aliphatic carbocycles. The van der Waals surface area contributed by atoms with E-state index in [0.717, 1.165) is 0 Å². The third-order valence-corrected chi connectivity index (χ3v) is 1.38. The van der Waals surface area contributed by atoms with E-state index in [2.05, 4.69) is 10.5 Å². The second-order valence-electron chi connectivity index (χ2n) is 2.37. The molecular weight excluding hydrogens is 174 g/mol. The van der Waals surface area contributed by atoms with Crippen molar-refractivity contribution in [1.29, 1.82) is 5.26 Å². The van der Waals surface area contributed by atoms with Gasteiger partial charge in [0.15, 0.2) is 5.78 Å².